The third-order valence-corrected chi connectivity index (χ3v) is 1.75. The summed E-state index contributed by atoms with van der Waals surface area (Å²) in [6, 6.07) is -0.531. The highest BCUT2D eigenvalue weighted by molar-refractivity contribution is 4.84. The van der Waals surface area contributed by atoms with E-state index in [0.717, 1.165) is 0 Å². The van der Waals surface area contributed by atoms with E-state index in [1.807, 2.05) is 0 Å². The summed E-state index contributed by atoms with van der Waals surface area (Å²) in [6.07, 6.45) is -2.78. The van der Waals surface area contributed by atoms with Gasteiger partial charge in [-0.15, -0.1) is 0 Å². The smallest absolute Gasteiger partial charge is 0.185 e. The molecule has 0 radical (unpaired) electrons. The Morgan fingerprint density at radius 1 is 1.45 bits per heavy atom. The fraction of sp³-hybridized carbons (Fsp3) is 1.00. The van der Waals surface area contributed by atoms with Crippen LogP contribution in [0.1, 0.15) is 0 Å². The fourth-order valence-electron chi connectivity index (χ4n) is 1.02. The number of hydrogen-bond acceptors (Lipinski definition) is 5. The largest absolute Gasteiger partial charge is 0.388 e. The van der Waals surface area contributed by atoms with E-state index < -0.39 is 24.5 Å². The molecule has 1 fully saturated rings. The first-order valence-corrected chi connectivity index (χ1v) is 3.43. The van der Waals surface area contributed by atoms with Gasteiger partial charge in [0, 0.05) is 7.11 Å². The molecular weight excluding hydrogens is 150 g/mol. The third kappa shape index (κ3) is 1.69. The van der Waals surface area contributed by atoms with Gasteiger partial charge in [-0.05, 0) is 0 Å². The summed E-state index contributed by atoms with van der Waals surface area (Å²) < 4.78 is 9.70. The molecule has 1 rings (SSSR count). The summed E-state index contributed by atoms with van der Waals surface area (Å²) >= 11 is 0. The van der Waals surface area contributed by atoms with E-state index >= 15 is 0 Å². The number of aliphatic hydroxyl groups is 2. The molecule has 0 bridgehead atoms. The molecule has 1 heterocycles. The lowest BCUT2D eigenvalue weighted by Crippen LogP contribution is -2.56. The Balaban J connectivity index is 2.52. The Labute approximate surface area is 64.7 Å². The predicted octanol–water partition coefficient (Wildman–Crippen LogP) is -1.96. The van der Waals surface area contributed by atoms with Crippen LogP contribution >= 0.6 is 0 Å². The first-order valence-electron chi connectivity index (χ1n) is 3.43. The number of hydrogen-bond donors (Lipinski definition) is 3. The van der Waals surface area contributed by atoms with Crippen LogP contribution in [0, 0.1) is 0 Å². The van der Waals surface area contributed by atoms with Crippen molar-refractivity contribution in [2.24, 2.45) is 5.73 Å². The van der Waals surface area contributed by atoms with Crippen LogP contribution in [0.3, 0.4) is 0 Å². The van der Waals surface area contributed by atoms with Crippen molar-refractivity contribution in [2.75, 3.05) is 13.7 Å². The number of aliphatic hydroxyl groups excluding tert-OH is 2. The molecule has 1 aliphatic rings. The molecule has 11 heavy (non-hydrogen) atoms. The van der Waals surface area contributed by atoms with Gasteiger partial charge in [-0.1, -0.05) is 0 Å². The molecule has 0 saturated carbocycles. The maximum Gasteiger partial charge on any atom is 0.185 e. The average Bonchev–Trinajstić information content (AvgIpc) is 2.01. The SMILES string of the molecule is CO[C@@H]1OC[C@@H](N)[C@@H](O)[C@H]1O. The van der Waals surface area contributed by atoms with E-state index in [0.29, 0.717) is 0 Å². The molecular formula is C6H13NO4. The highest BCUT2D eigenvalue weighted by atomic mass is 16.7. The molecule has 4 N–H and O–H groups in total. The molecule has 0 aromatic heterocycles. The standard InChI is InChI=1S/C6H13NO4/c1-10-6-5(9)4(8)3(7)2-11-6/h3-6,8-9H,2,7H2,1H3/t3-,4-,5-,6-/m1/s1. The summed E-state index contributed by atoms with van der Waals surface area (Å²) in [6.45, 7) is 0.205. The van der Waals surface area contributed by atoms with Crippen LogP contribution in [0.15, 0.2) is 0 Å². The van der Waals surface area contributed by atoms with Crippen LogP contribution < -0.4 is 5.73 Å². The third-order valence-electron chi connectivity index (χ3n) is 1.75. The highest BCUT2D eigenvalue weighted by Gasteiger charge is 2.36. The first-order chi connectivity index (χ1) is 5.16. The number of ether oxygens (including phenoxy) is 2. The number of nitrogens with two attached hydrogens (primary N) is 1. The van der Waals surface area contributed by atoms with Crippen LogP contribution in [0.4, 0.5) is 0 Å². The van der Waals surface area contributed by atoms with Gasteiger partial charge >= 0.3 is 0 Å². The summed E-state index contributed by atoms with van der Waals surface area (Å²) in [4.78, 5) is 0. The topological polar surface area (TPSA) is 84.9 Å². The summed E-state index contributed by atoms with van der Waals surface area (Å²) in [5.41, 5.74) is 5.40. The van der Waals surface area contributed by atoms with Crippen LogP contribution in [-0.4, -0.2) is 48.5 Å². The Morgan fingerprint density at radius 2 is 2.09 bits per heavy atom. The van der Waals surface area contributed by atoms with E-state index in [-0.39, 0.29) is 6.61 Å². The fourth-order valence-corrected chi connectivity index (χ4v) is 1.02. The van der Waals surface area contributed by atoms with Crippen molar-refractivity contribution in [3.05, 3.63) is 0 Å². The molecule has 0 aliphatic carbocycles. The van der Waals surface area contributed by atoms with E-state index in [1.165, 1.54) is 7.11 Å². The van der Waals surface area contributed by atoms with Crippen LogP contribution in [0.5, 0.6) is 0 Å². The maximum atomic E-state index is 9.23. The molecule has 0 aromatic carbocycles. The molecule has 4 atom stereocenters. The quantitative estimate of drug-likeness (QED) is 0.418. The van der Waals surface area contributed by atoms with Gasteiger partial charge in [0.05, 0.1) is 12.6 Å². The monoisotopic (exact) mass is 163 g/mol. The normalized spacial score (nSPS) is 45.8. The van der Waals surface area contributed by atoms with Crippen molar-refractivity contribution in [3.8, 4) is 0 Å². The highest BCUT2D eigenvalue weighted by Crippen LogP contribution is 2.14. The minimum atomic E-state index is -1.05. The van der Waals surface area contributed by atoms with Gasteiger partial charge in [-0.2, -0.15) is 0 Å². The number of methoxy groups -OCH3 is 1. The van der Waals surface area contributed by atoms with Crippen molar-refractivity contribution < 1.29 is 19.7 Å². The lowest BCUT2D eigenvalue weighted by atomic mass is 10.0. The summed E-state index contributed by atoms with van der Waals surface area (Å²) in [5, 5.41) is 18.4. The lowest BCUT2D eigenvalue weighted by molar-refractivity contribution is -0.237. The van der Waals surface area contributed by atoms with Gasteiger partial charge in [0.15, 0.2) is 6.29 Å². The van der Waals surface area contributed by atoms with Gasteiger partial charge in [-0.25, -0.2) is 0 Å². The van der Waals surface area contributed by atoms with Crippen molar-refractivity contribution in [1.29, 1.82) is 0 Å². The van der Waals surface area contributed by atoms with Crippen LogP contribution in [0.2, 0.25) is 0 Å². The second-order valence-corrected chi connectivity index (χ2v) is 2.58. The second-order valence-electron chi connectivity index (χ2n) is 2.58. The molecule has 0 spiro atoms. The molecule has 1 saturated heterocycles. The van der Waals surface area contributed by atoms with Gasteiger partial charge < -0.3 is 25.4 Å². The van der Waals surface area contributed by atoms with Crippen LogP contribution in [-0.2, 0) is 9.47 Å². The molecule has 0 unspecified atom stereocenters. The Morgan fingerprint density at radius 3 is 2.64 bits per heavy atom. The van der Waals surface area contributed by atoms with Crippen LogP contribution in [0.25, 0.3) is 0 Å². The molecule has 1 aliphatic heterocycles. The lowest BCUT2D eigenvalue weighted by Gasteiger charge is -2.34. The molecule has 5 heteroatoms. The minimum Gasteiger partial charge on any atom is -0.388 e. The van der Waals surface area contributed by atoms with E-state index in [1.54, 1.807) is 0 Å². The molecule has 5 nitrogen and oxygen atoms in total. The number of rotatable bonds is 1. The minimum absolute atomic E-state index is 0.205. The predicted molar refractivity (Wildman–Crippen MR) is 36.7 cm³/mol. The maximum absolute atomic E-state index is 9.23. The van der Waals surface area contributed by atoms with Gasteiger partial charge in [0.25, 0.3) is 0 Å². The molecule has 66 valence electrons. The Hall–Kier alpha value is -0.200. The molecule has 0 aromatic rings. The van der Waals surface area contributed by atoms with Crippen molar-refractivity contribution in [2.45, 2.75) is 24.5 Å². The van der Waals surface area contributed by atoms with Crippen molar-refractivity contribution in [1.82, 2.24) is 0 Å². The summed E-state index contributed by atoms with van der Waals surface area (Å²) in [5.74, 6) is 0. The zero-order valence-corrected chi connectivity index (χ0v) is 6.30. The van der Waals surface area contributed by atoms with Gasteiger partial charge in [0.1, 0.15) is 12.2 Å². The Bertz CT molecular complexity index is 130. The van der Waals surface area contributed by atoms with E-state index in [4.69, 9.17) is 15.2 Å². The van der Waals surface area contributed by atoms with Crippen molar-refractivity contribution in [3.63, 3.8) is 0 Å². The average molecular weight is 163 g/mol. The zero-order valence-electron chi connectivity index (χ0n) is 6.30. The first kappa shape index (κ1) is 8.89. The zero-order chi connectivity index (χ0) is 8.43. The second kappa shape index (κ2) is 3.46. The van der Waals surface area contributed by atoms with E-state index in [9.17, 15) is 10.2 Å². The Kier molecular flexibility index (Phi) is 2.80. The van der Waals surface area contributed by atoms with Crippen molar-refractivity contribution >= 4 is 0 Å². The van der Waals surface area contributed by atoms with Gasteiger partial charge in [-0.3, -0.25) is 0 Å². The summed E-state index contributed by atoms with van der Waals surface area (Å²) in [7, 11) is 1.40. The van der Waals surface area contributed by atoms with Gasteiger partial charge in [0.2, 0.25) is 0 Å². The molecule has 0 amide bonds. The van der Waals surface area contributed by atoms with E-state index in [2.05, 4.69) is 0 Å².